The van der Waals surface area contributed by atoms with E-state index in [4.69, 9.17) is 9.15 Å². The highest BCUT2D eigenvalue weighted by Crippen LogP contribution is 2.46. The van der Waals surface area contributed by atoms with Crippen LogP contribution in [0.4, 0.5) is 27.6 Å². The maximum absolute atomic E-state index is 13.8. The van der Waals surface area contributed by atoms with Crippen molar-refractivity contribution in [1.82, 2.24) is 0 Å². The molecular formula is C14H12F5NO4. The lowest BCUT2D eigenvalue weighted by atomic mass is 10.0. The summed E-state index contributed by atoms with van der Waals surface area (Å²) in [6.07, 6.45) is -5.91. The quantitative estimate of drug-likeness (QED) is 0.639. The van der Waals surface area contributed by atoms with Crippen molar-refractivity contribution in [2.45, 2.75) is 32.0 Å². The van der Waals surface area contributed by atoms with Gasteiger partial charge in [0.2, 0.25) is 0 Å². The first-order chi connectivity index (χ1) is 11.0. The van der Waals surface area contributed by atoms with Gasteiger partial charge in [-0.3, -0.25) is 9.59 Å². The Bertz CT molecular complexity index is 801. The Morgan fingerprint density at radius 3 is 2.25 bits per heavy atom. The van der Waals surface area contributed by atoms with Crippen molar-refractivity contribution in [3.63, 3.8) is 0 Å². The molecule has 2 rings (SSSR count). The van der Waals surface area contributed by atoms with Gasteiger partial charge in [0.15, 0.2) is 11.8 Å². The number of nitrogens with one attached hydrogen (secondary N) is 1. The van der Waals surface area contributed by atoms with Gasteiger partial charge in [0.05, 0.1) is 6.61 Å². The number of alkyl halides is 5. The normalized spacial score (nSPS) is 14.0. The summed E-state index contributed by atoms with van der Waals surface area (Å²) in [6, 6.07) is -0.602. The van der Waals surface area contributed by atoms with E-state index in [0.29, 0.717) is 0 Å². The predicted octanol–water partition coefficient (Wildman–Crippen LogP) is 2.93. The fourth-order valence-electron chi connectivity index (χ4n) is 2.04. The van der Waals surface area contributed by atoms with Gasteiger partial charge in [-0.05, 0) is 26.0 Å². The summed E-state index contributed by atoms with van der Waals surface area (Å²) >= 11 is 0. The number of ether oxygens (including phenoxy) is 1. The molecule has 0 aliphatic rings. The Balaban J connectivity index is 2.48. The van der Waals surface area contributed by atoms with E-state index in [1.807, 2.05) is 0 Å². The number of hydrogen-bond acceptors (Lipinski definition) is 5. The molecule has 10 heteroatoms. The third-order valence-electron chi connectivity index (χ3n) is 3.23. The smallest absolute Gasteiger partial charge is 0.456 e. The van der Waals surface area contributed by atoms with E-state index < -0.39 is 46.2 Å². The van der Waals surface area contributed by atoms with Crippen LogP contribution in [0.3, 0.4) is 0 Å². The van der Waals surface area contributed by atoms with Crippen molar-refractivity contribution in [2.24, 2.45) is 0 Å². The van der Waals surface area contributed by atoms with E-state index in [0.717, 1.165) is 6.07 Å². The number of aryl methyl sites for hydroxylation is 1. The largest absolute Gasteiger partial charge is 0.488 e. The van der Waals surface area contributed by atoms with E-state index in [1.54, 1.807) is 5.32 Å². The number of anilines is 1. The molecule has 2 aromatic rings. The lowest BCUT2D eigenvalue weighted by molar-refractivity contribution is -0.290. The lowest BCUT2D eigenvalue weighted by Gasteiger charge is -2.29. The molecule has 0 fully saturated rings. The maximum atomic E-state index is 13.8. The Hall–Kier alpha value is -2.39. The molecule has 0 bridgehead atoms. The van der Waals surface area contributed by atoms with E-state index in [1.165, 1.54) is 19.9 Å². The number of halogens is 5. The molecule has 0 saturated heterocycles. The van der Waals surface area contributed by atoms with E-state index in [9.17, 15) is 31.5 Å². The van der Waals surface area contributed by atoms with E-state index in [-0.39, 0.29) is 12.4 Å². The highest BCUT2D eigenvalue weighted by Gasteiger charge is 2.64. The van der Waals surface area contributed by atoms with Crippen molar-refractivity contribution in [1.29, 1.82) is 0 Å². The van der Waals surface area contributed by atoms with Gasteiger partial charge < -0.3 is 14.5 Å². The van der Waals surface area contributed by atoms with Crippen LogP contribution in [0.5, 0.6) is 5.75 Å². The molecule has 0 aliphatic carbocycles. The van der Waals surface area contributed by atoms with Gasteiger partial charge in [-0.2, -0.15) is 22.0 Å². The second-order valence-electron chi connectivity index (χ2n) is 4.94. The highest BCUT2D eigenvalue weighted by atomic mass is 19.4. The molecule has 0 amide bonds. The number of hydrogen-bond donors (Lipinski definition) is 1. The van der Waals surface area contributed by atoms with Crippen molar-refractivity contribution in [3.05, 3.63) is 44.1 Å². The average Bonchev–Trinajstić information content (AvgIpc) is 2.90. The first-order valence-corrected chi connectivity index (χ1v) is 6.74. The molecular weight excluding hydrogens is 341 g/mol. The molecule has 0 saturated carbocycles. The highest BCUT2D eigenvalue weighted by molar-refractivity contribution is 5.63. The van der Waals surface area contributed by atoms with Crippen LogP contribution in [0.15, 0.2) is 26.1 Å². The monoisotopic (exact) mass is 353 g/mol. The second kappa shape index (κ2) is 5.91. The lowest BCUT2D eigenvalue weighted by Crippen LogP contribution is -2.47. The molecule has 1 N–H and O–H groups in total. The van der Waals surface area contributed by atoms with Gasteiger partial charge in [0.25, 0.3) is 10.9 Å². The molecule has 0 aliphatic heterocycles. The molecule has 0 radical (unpaired) electrons. The summed E-state index contributed by atoms with van der Waals surface area (Å²) in [4.78, 5) is 22.8. The molecule has 24 heavy (non-hydrogen) atoms. The molecule has 1 heterocycles. The van der Waals surface area contributed by atoms with Gasteiger partial charge in [-0.1, -0.05) is 0 Å². The third kappa shape index (κ3) is 2.87. The topological polar surface area (TPSA) is 68.5 Å². The van der Waals surface area contributed by atoms with Crippen molar-refractivity contribution >= 4 is 5.69 Å². The predicted molar refractivity (Wildman–Crippen MR) is 73.3 cm³/mol. The van der Waals surface area contributed by atoms with Gasteiger partial charge in [0.1, 0.15) is 17.2 Å². The standard InChI is InChI=1S/C14H12F5NO4/c1-3-23-11-8(9(21)10(11)22)20-12(7-5-4-6(2)24-7)13(15,16)14(17,18)19/h4-5,12,20H,3H2,1-2H3. The van der Waals surface area contributed by atoms with Gasteiger partial charge >= 0.3 is 12.1 Å². The maximum Gasteiger partial charge on any atom is 0.456 e. The second-order valence-corrected chi connectivity index (χ2v) is 4.94. The van der Waals surface area contributed by atoms with Crippen LogP contribution in [0.1, 0.15) is 24.5 Å². The fraction of sp³-hybridized carbons (Fsp3) is 0.429. The van der Waals surface area contributed by atoms with Crippen molar-refractivity contribution in [3.8, 4) is 5.75 Å². The van der Waals surface area contributed by atoms with Crippen LogP contribution in [-0.4, -0.2) is 18.7 Å². The van der Waals surface area contributed by atoms with Crippen LogP contribution >= 0.6 is 0 Å². The molecule has 1 atom stereocenters. The van der Waals surface area contributed by atoms with Gasteiger partial charge in [-0.25, -0.2) is 0 Å². The Morgan fingerprint density at radius 1 is 1.17 bits per heavy atom. The fourth-order valence-corrected chi connectivity index (χ4v) is 2.04. The number of furan rings is 1. The minimum atomic E-state index is -5.91. The molecule has 1 aromatic heterocycles. The van der Waals surface area contributed by atoms with Crippen LogP contribution < -0.4 is 20.9 Å². The summed E-state index contributed by atoms with van der Waals surface area (Å²) < 4.78 is 75.5. The molecule has 1 aromatic carbocycles. The summed E-state index contributed by atoms with van der Waals surface area (Å²) in [6.45, 7) is 2.74. The van der Waals surface area contributed by atoms with Crippen LogP contribution in [-0.2, 0) is 0 Å². The molecule has 5 nitrogen and oxygen atoms in total. The van der Waals surface area contributed by atoms with Crippen LogP contribution in [0.2, 0.25) is 0 Å². The third-order valence-corrected chi connectivity index (χ3v) is 3.23. The summed E-state index contributed by atoms with van der Waals surface area (Å²) in [5.41, 5.74) is -3.06. The van der Waals surface area contributed by atoms with E-state index >= 15 is 0 Å². The summed E-state index contributed by atoms with van der Waals surface area (Å²) in [7, 11) is 0. The minimum Gasteiger partial charge on any atom is -0.488 e. The molecule has 0 spiro atoms. The van der Waals surface area contributed by atoms with Crippen molar-refractivity contribution in [2.75, 3.05) is 11.9 Å². The molecule has 132 valence electrons. The average molecular weight is 353 g/mol. The first-order valence-electron chi connectivity index (χ1n) is 6.74. The Morgan fingerprint density at radius 2 is 1.79 bits per heavy atom. The summed E-state index contributed by atoms with van der Waals surface area (Å²) in [5.74, 6) is -6.47. The minimum absolute atomic E-state index is 0.0697. The summed E-state index contributed by atoms with van der Waals surface area (Å²) in [5, 5.41) is 1.77. The SMILES string of the molecule is CCOc1c(NC(c2ccc(C)o2)C(F)(F)C(F)(F)F)c(=O)c1=O. The molecule has 1 unspecified atom stereocenters. The van der Waals surface area contributed by atoms with E-state index in [2.05, 4.69) is 0 Å². The zero-order valence-electron chi connectivity index (χ0n) is 12.5. The Labute approximate surface area is 131 Å². The van der Waals surface area contributed by atoms with Crippen LogP contribution in [0, 0.1) is 6.92 Å². The Kier molecular flexibility index (Phi) is 4.42. The van der Waals surface area contributed by atoms with Crippen LogP contribution in [0.25, 0.3) is 0 Å². The van der Waals surface area contributed by atoms with Crippen molar-refractivity contribution < 1.29 is 31.1 Å². The zero-order chi connectivity index (χ0) is 18.3. The van der Waals surface area contributed by atoms with Gasteiger partial charge in [0, 0.05) is 0 Å². The van der Waals surface area contributed by atoms with Gasteiger partial charge in [-0.15, -0.1) is 0 Å². The first kappa shape index (κ1) is 18.0. The zero-order valence-corrected chi connectivity index (χ0v) is 12.5. The number of rotatable bonds is 6.